The Morgan fingerprint density at radius 1 is 1.33 bits per heavy atom. The zero-order chi connectivity index (χ0) is 15.0. The fraction of sp³-hybridized carbons (Fsp3) is 0.412. The molecular formula is C17H21N3S. The largest absolute Gasteiger partial charge is 0.389 e. The second-order valence-electron chi connectivity index (χ2n) is 6.07. The van der Waals surface area contributed by atoms with Crippen LogP contribution in [0.25, 0.3) is 10.9 Å². The molecule has 0 amide bonds. The summed E-state index contributed by atoms with van der Waals surface area (Å²) in [6.45, 7) is 5.66. The molecule has 1 saturated heterocycles. The Labute approximate surface area is 131 Å². The van der Waals surface area contributed by atoms with Crippen LogP contribution in [0.3, 0.4) is 0 Å². The van der Waals surface area contributed by atoms with Gasteiger partial charge in [-0.3, -0.25) is 4.98 Å². The molecule has 2 unspecified atom stereocenters. The number of rotatable bonds is 2. The number of fused-ring (bicyclic) bond motifs is 1. The Morgan fingerprint density at radius 3 is 2.81 bits per heavy atom. The van der Waals surface area contributed by atoms with E-state index in [2.05, 4.69) is 29.8 Å². The highest BCUT2D eigenvalue weighted by atomic mass is 32.1. The SMILES string of the molecule is CC1CCN(c2c(C(N)=S)cnc3ccccc23)C(C)C1. The Balaban J connectivity index is 2.19. The van der Waals surface area contributed by atoms with Gasteiger partial charge in [0.1, 0.15) is 4.99 Å². The van der Waals surface area contributed by atoms with E-state index in [1.54, 1.807) is 0 Å². The van der Waals surface area contributed by atoms with Crippen LogP contribution in [0.5, 0.6) is 0 Å². The van der Waals surface area contributed by atoms with E-state index in [1.807, 2.05) is 24.4 Å². The van der Waals surface area contributed by atoms with Crippen LogP contribution < -0.4 is 10.6 Å². The van der Waals surface area contributed by atoms with Gasteiger partial charge >= 0.3 is 0 Å². The summed E-state index contributed by atoms with van der Waals surface area (Å²) in [5.74, 6) is 0.776. The molecule has 0 bridgehead atoms. The van der Waals surface area contributed by atoms with Crippen molar-refractivity contribution in [2.75, 3.05) is 11.4 Å². The molecule has 2 heterocycles. The molecule has 1 aliphatic heterocycles. The number of nitrogens with zero attached hydrogens (tertiary/aromatic N) is 2. The van der Waals surface area contributed by atoms with E-state index in [0.29, 0.717) is 11.0 Å². The predicted octanol–water partition coefficient (Wildman–Crippen LogP) is 3.49. The summed E-state index contributed by atoms with van der Waals surface area (Å²) in [5, 5.41) is 1.14. The first-order valence-corrected chi connectivity index (χ1v) is 7.93. The lowest BCUT2D eigenvalue weighted by Gasteiger charge is -2.39. The first-order valence-electron chi connectivity index (χ1n) is 7.52. The Morgan fingerprint density at radius 2 is 2.10 bits per heavy atom. The molecular weight excluding hydrogens is 278 g/mol. The number of hydrogen-bond acceptors (Lipinski definition) is 3. The number of nitrogens with two attached hydrogens (primary N) is 1. The van der Waals surface area contributed by atoms with Crippen LogP contribution in [0.4, 0.5) is 5.69 Å². The molecule has 110 valence electrons. The maximum atomic E-state index is 5.95. The van der Waals surface area contributed by atoms with Crippen LogP contribution in [-0.2, 0) is 0 Å². The van der Waals surface area contributed by atoms with Gasteiger partial charge in [0.05, 0.1) is 16.8 Å². The van der Waals surface area contributed by atoms with Crippen molar-refractivity contribution in [1.29, 1.82) is 0 Å². The van der Waals surface area contributed by atoms with Crippen molar-refractivity contribution in [3.63, 3.8) is 0 Å². The molecule has 3 rings (SSSR count). The second-order valence-corrected chi connectivity index (χ2v) is 6.51. The zero-order valence-electron chi connectivity index (χ0n) is 12.5. The van der Waals surface area contributed by atoms with Gasteiger partial charge in [-0.25, -0.2) is 0 Å². The highest BCUT2D eigenvalue weighted by Gasteiger charge is 2.26. The van der Waals surface area contributed by atoms with Gasteiger partial charge in [-0.15, -0.1) is 0 Å². The van der Waals surface area contributed by atoms with Gasteiger partial charge < -0.3 is 10.6 Å². The minimum Gasteiger partial charge on any atom is -0.389 e. The lowest BCUT2D eigenvalue weighted by Crippen LogP contribution is -2.41. The van der Waals surface area contributed by atoms with Crippen molar-refractivity contribution in [3.05, 3.63) is 36.0 Å². The molecule has 1 aliphatic rings. The van der Waals surface area contributed by atoms with E-state index in [9.17, 15) is 0 Å². The van der Waals surface area contributed by atoms with E-state index in [4.69, 9.17) is 18.0 Å². The molecule has 3 nitrogen and oxygen atoms in total. The predicted molar refractivity (Wildman–Crippen MR) is 92.8 cm³/mol. The first-order chi connectivity index (χ1) is 10.1. The van der Waals surface area contributed by atoms with E-state index in [1.165, 1.54) is 12.8 Å². The Bertz CT molecular complexity index is 683. The number of pyridine rings is 1. The molecule has 0 radical (unpaired) electrons. The van der Waals surface area contributed by atoms with E-state index < -0.39 is 0 Å². The fourth-order valence-electron chi connectivity index (χ4n) is 3.36. The van der Waals surface area contributed by atoms with Gasteiger partial charge in [0, 0.05) is 24.2 Å². The fourth-order valence-corrected chi connectivity index (χ4v) is 3.51. The van der Waals surface area contributed by atoms with Crippen molar-refractivity contribution >= 4 is 33.8 Å². The lowest BCUT2D eigenvalue weighted by molar-refractivity contribution is 0.378. The maximum absolute atomic E-state index is 5.95. The van der Waals surface area contributed by atoms with E-state index >= 15 is 0 Å². The minimum atomic E-state index is 0.425. The van der Waals surface area contributed by atoms with Crippen LogP contribution in [0.2, 0.25) is 0 Å². The van der Waals surface area contributed by atoms with Gasteiger partial charge in [-0.05, 0) is 31.7 Å². The van der Waals surface area contributed by atoms with Crippen molar-refractivity contribution < 1.29 is 0 Å². The summed E-state index contributed by atoms with van der Waals surface area (Å²) >= 11 is 5.25. The lowest BCUT2D eigenvalue weighted by atomic mass is 9.92. The monoisotopic (exact) mass is 299 g/mol. The molecule has 0 saturated carbocycles. The van der Waals surface area contributed by atoms with Crippen molar-refractivity contribution in [3.8, 4) is 0 Å². The number of para-hydroxylation sites is 1. The Hall–Kier alpha value is -1.68. The molecule has 21 heavy (non-hydrogen) atoms. The third-order valence-electron chi connectivity index (χ3n) is 4.44. The summed E-state index contributed by atoms with van der Waals surface area (Å²) in [4.78, 5) is 7.39. The van der Waals surface area contributed by atoms with Gasteiger partial charge in [-0.1, -0.05) is 37.3 Å². The third kappa shape index (κ3) is 2.60. The highest BCUT2D eigenvalue weighted by Crippen LogP contribution is 2.35. The molecule has 4 heteroatoms. The highest BCUT2D eigenvalue weighted by molar-refractivity contribution is 7.80. The number of aromatic nitrogens is 1. The number of benzene rings is 1. The molecule has 1 aromatic carbocycles. The quantitative estimate of drug-likeness (QED) is 0.862. The van der Waals surface area contributed by atoms with Crippen LogP contribution in [0.1, 0.15) is 32.3 Å². The number of hydrogen-bond donors (Lipinski definition) is 1. The van der Waals surface area contributed by atoms with Crippen molar-refractivity contribution in [1.82, 2.24) is 4.98 Å². The van der Waals surface area contributed by atoms with Crippen LogP contribution >= 0.6 is 12.2 Å². The second kappa shape index (κ2) is 5.60. The molecule has 0 spiro atoms. The van der Waals surface area contributed by atoms with Crippen molar-refractivity contribution in [2.45, 2.75) is 32.7 Å². The smallest absolute Gasteiger partial charge is 0.107 e. The number of piperidine rings is 1. The average molecular weight is 299 g/mol. The zero-order valence-corrected chi connectivity index (χ0v) is 13.4. The van der Waals surface area contributed by atoms with Crippen molar-refractivity contribution in [2.24, 2.45) is 11.7 Å². The summed E-state index contributed by atoms with van der Waals surface area (Å²) in [5.41, 5.74) is 9.00. The summed E-state index contributed by atoms with van der Waals surface area (Å²) in [7, 11) is 0. The summed E-state index contributed by atoms with van der Waals surface area (Å²) in [6.07, 6.45) is 4.23. The Kier molecular flexibility index (Phi) is 3.81. The van der Waals surface area contributed by atoms with Gasteiger partial charge in [0.2, 0.25) is 0 Å². The van der Waals surface area contributed by atoms with Gasteiger partial charge in [-0.2, -0.15) is 0 Å². The van der Waals surface area contributed by atoms with E-state index in [0.717, 1.165) is 34.6 Å². The average Bonchev–Trinajstić information content (AvgIpc) is 2.46. The minimum absolute atomic E-state index is 0.425. The molecule has 1 aromatic heterocycles. The van der Waals surface area contributed by atoms with Crippen LogP contribution in [-0.4, -0.2) is 22.6 Å². The molecule has 0 aliphatic carbocycles. The van der Waals surface area contributed by atoms with Gasteiger partial charge in [0.25, 0.3) is 0 Å². The first kappa shape index (κ1) is 14.3. The van der Waals surface area contributed by atoms with Crippen LogP contribution in [0.15, 0.2) is 30.5 Å². The molecule has 2 atom stereocenters. The number of anilines is 1. The van der Waals surface area contributed by atoms with E-state index in [-0.39, 0.29) is 0 Å². The summed E-state index contributed by atoms with van der Waals surface area (Å²) < 4.78 is 0. The molecule has 2 aromatic rings. The number of thiocarbonyl (C=S) groups is 1. The molecule has 2 N–H and O–H groups in total. The standard InChI is InChI=1S/C17H21N3S/c1-11-7-8-20(12(2)9-11)16-13-5-3-4-6-15(13)19-10-14(16)17(18)21/h3-6,10-12H,7-9H2,1-2H3,(H2,18,21). The normalized spacial score (nSPS) is 22.5. The van der Waals surface area contributed by atoms with Gasteiger partial charge in [0.15, 0.2) is 0 Å². The maximum Gasteiger partial charge on any atom is 0.107 e. The third-order valence-corrected chi connectivity index (χ3v) is 4.66. The van der Waals surface area contributed by atoms with Crippen LogP contribution in [0, 0.1) is 5.92 Å². The summed E-state index contributed by atoms with van der Waals surface area (Å²) in [6, 6.07) is 8.71. The topological polar surface area (TPSA) is 42.1 Å². The molecule has 1 fully saturated rings.